The molecule has 2 rings (SSSR count). The second-order valence-corrected chi connectivity index (χ2v) is 6.62. The normalized spacial score (nSPS) is 10.6. The van der Waals surface area contributed by atoms with Gasteiger partial charge in [0.05, 0.1) is 13.7 Å². The molecule has 0 heterocycles. The van der Waals surface area contributed by atoms with Crippen LogP contribution in [0.3, 0.4) is 0 Å². The topological polar surface area (TPSA) is 64.6 Å². The molecule has 2 aromatic carbocycles. The zero-order valence-electron chi connectivity index (χ0n) is 13.6. The number of methoxy groups -OCH3 is 1. The summed E-state index contributed by atoms with van der Waals surface area (Å²) in [6.45, 7) is 2.14. The fourth-order valence-electron chi connectivity index (χ4n) is 2.00. The first kappa shape index (κ1) is 17.9. The molecule has 0 fully saturated rings. The van der Waals surface area contributed by atoms with Crippen LogP contribution < -0.4 is 14.2 Å². The molecule has 0 amide bonds. The standard InChI is InChI=1S/C18H19NO4S/c1-15-9-3-4-10-16(15)23-14-8-7-13-19-24(20,21)18-12-6-5-11-17(18)22-2/h3-6,9-12,19H,13-14H2,1-2H3. The summed E-state index contributed by atoms with van der Waals surface area (Å²) < 4.78 is 37.4. The molecule has 0 saturated carbocycles. The van der Waals surface area contributed by atoms with Gasteiger partial charge in [0.25, 0.3) is 0 Å². The van der Waals surface area contributed by atoms with Crippen LogP contribution in [0.1, 0.15) is 5.56 Å². The lowest BCUT2D eigenvalue weighted by Gasteiger charge is -2.08. The molecule has 24 heavy (non-hydrogen) atoms. The minimum atomic E-state index is -3.67. The Balaban J connectivity index is 1.89. The zero-order valence-corrected chi connectivity index (χ0v) is 14.4. The van der Waals surface area contributed by atoms with E-state index in [1.165, 1.54) is 13.2 Å². The average Bonchev–Trinajstić information content (AvgIpc) is 2.59. The summed E-state index contributed by atoms with van der Waals surface area (Å²) in [7, 11) is -2.24. The van der Waals surface area contributed by atoms with Crippen molar-refractivity contribution in [2.24, 2.45) is 0 Å². The first-order valence-electron chi connectivity index (χ1n) is 7.31. The maximum atomic E-state index is 12.2. The monoisotopic (exact) mass is 345 g/mol. The van der Waals surface area contributed by atoms with Crippen molar-refractivity contribution in [3.63, 3.8) is 0 Å². The Kier molecular flexibility index (Phi) is 6.24. The van der Waals surface area contributed by atoms with E-state index in [-0.39, 0.29) is 18.0 Å². The molecule has 0 saturated heterocycles. The van der Waals surface area contributed by atoms with E-state index in [9.17, 15) is 8.42 Å². The van der Waals surface area contributed by atoms with E-state index in [1.54, 1.807) is 18.2 Å². The molecule has 0 aliphatic carbocycles. The van der Waals surface area contributed by atoms with Crippen molar-refractivity contribution < 1.29 is 17.9 Å². The second-order valence-electron chi connectivity index (χ2n) is 4.88. The molecule has 0 bridgehead atoms. The van der Waals surface area contributed by atoms with Gasteiger partial charge in [0.1, 0.15) is 23.0 Å². The molecule has 0 unspecified atom stereocenters. The average molecular weight is 345 g/mol. The summed E-state index contributed by atoms with van der Waals surface area (Å²) >= 11 is 0. The summed E-state index contributed by atoms with van der Waals surface area (Å²) in [6, 6.07) is 14.1. The van der Waals surface area contributed by atoms with Gasteiger partial charge in [-0.3, -0.25) is 0 Å². The van der Waals surface area contributed by atoms with Crippen LogP contribution in [0.25, 0.3) is 0 Å². The first-order chi connectivity index (χ1) is 11.5. The van der Waals surface area contributed by atoms with E-state index in [4.69, 9.17) is 9.47 Å². The number of aryl methyl sites for hydroxylation is 1. The van der Waals surface area contributed by atoms with Crippen molar-refractivity contribution in [2.75, 3.05) is 20.3 Å². The van der Waals surface area contributed by atoms with E-state index in [1.807, 2.05) is 31.2 Å². The maximum Gasteiger partial charge on any atom is 0.245 e. The molecule has 0 spiro atoms. The minimum absolute atomic E-state index is 0.00247. The van der Waals surface area contributed by atoms with Crippen molar-refractivity contribution in [2.45, 2.75) is 11.8 Å². The number of hydrogen-bond donors (Lipinski definition) is 1. The van der Waals surface area contributed by atoms with E-state index in [0.717, 1.165) is 11.3 Å². The highest BCUT2D eigenvalue weighted by Gasteiger charge is 2.17. The van der Waals surface area contributed by atoms with Gasteiger partial charge in [-0.25, -0.2) is 8.42 Å². The van der Waals surface area contributed by atoms with Gasteiger partial charge in [-0.15, -0.1) is 0 Å². The first-order valence-corrected chi connectivity index (χ1v) is 8.80. The number of sulfonamides is 1. The lowest BCUT2D eigenvalue weighted by Crippen LogP contribution is -2.24. The quantitative estimate of drug-likeness (QED) is 0.817. The van der Waals surface area contributed by atoms with Gasteiger partial charge in [-0.1, -0.05) is 42.2 Å². The molecule has 2 aromatic rings. The van der Waals surface area contributed by atoms with Gasteiger partial charge in [-0.05, 0) is 30.7 Å². The Labute approximate surface area is 142 Å². The van der Waals surface area contributed by atoms with Crippen LogP contribution in [0, 0.1) is 18.8 Å². The van der Waals surface area contributed by atoms with Crippen molar-refractivity contribution in [3.8, 4) is 23.3 Å². The van der Waals surface area contributed by atoms with Gasteiger partial charge >= 0.3 is 0 Å². The van der Waals surface area contributed by atoms with Crippen molar-refractivity contribution >= 4 is 10.0 Å². The number of rotatable bonds is 6. The molecular weight excluding hydrogens is 326 g/mol. The highest BCUT2D eigenvalue weighted by Crippen LogP contribution is 2.22. The van der Waals surface area contributed by atoms with Crippen LogP contribution in [0.5, 0.6) is 11.5 Å². The number of para-hydroxylation sites is 2. The fourth-order valence-corrected chi connectivity index (χ4v) is 3.09. The van der Waals surface area contributed by atoms with E-state index >= 15 is 0 Å². The van der Waals surface area contributed by atoms with Crippen LogP contribution in [-0.2, 0) is 10.0 Å². The van der Waals surface area contributed by atoms with Crippen molar-refractivity contribution in [1.82, 2.24) is 4.72 Å². The lowest BCUT2D eigenvalue weighted by molar-refractivity contribution is 0.367. The summed E-state index contributed by atoms with van der Waals surface area (Å²) in [5, 5.41) is 0. The third-order valence-electron chi connectivity index (χ3n) is 3.23. The molecular formula is C18H19NO4S. The predicted molar refractivity (Wildman–Crippen MR) is 92.6 cm³/mol. The number of ether oxygens (including phenoxy) is 2. The Hall–Kier alpha value is -2.49. The number of nitrogens with one attached hydrogen (secondary N) is 1. The molecule has 0 radical (unpaired) electrons. The van der Waals surface area contributed by atoms with Gasteiger partial charge in [-0.2, -0.15) is 4.72 Å². The SMILES string of the molecule is COc1ccccc1S(=O)(=O)NCC#CCOc1ccccc1C. The molecule has 126 valence electrons. The van der Waals surface area contributed by atoms with E-state index in [2.05, 4.69) is 16.6 Å². The second kappa shape index (κ2) is 8.39. The Morgan fingerprint density at radius 1 is 1.00 bits per heavy atom. The van der Waals surface area contributed by atoms with Crippen LogP contribution in [0.2, 0.25) is 0 Å². The fraction of sp³-hybridized carbons (Fsp3) is 0.222. The summed E-state index contributed by atoms with van der Waals surface area (Å²) in [5.74, 6) is 6.57. The van der Waals surface area contributed by atoms with Gasteiger partial charge in [0.2, 0.25) is 10.0 Å². The smallest absolute Gasteiger partial charge is 0.245 e. The third kappa shape index (κ3) is 4.75. The number of benzene rings is 2. The molecule has 0 aliphatic rings. The van der Waals surface area contributed by atoms with E-state index < -0.39 is 10.0 Å². The largest absolute Gasteiger partial charge is 0.495 e. The Morgan fingerprint density at radius 3 is 2.38 bits per heavy atom. The van der Waals surface area contributed by atoms with Crippen LogP contribution >= 0.6 is 0 Å². The highest BCUT2D eigenvalue weighted by molar-refractivity contribution is 7.89. The molecule has 0 atom stereocenters. The molecule has 6 heteroatoms. The molecule has 0 aliphatic heterocycles. The summed E-state index contributed by atoms with van der Waals surface area (Å²) in [4.78, 5) is 0.0884. The van der Waals surface area contributed by atoms with Gasteiger partial charge in [0, 0.05) is 0 Å². The molecule has 0 aromatic heterocycles. The highest BCUT2D eigenvalue weighted by atomic mass is 32.2. The van der Waals surface area contributed by atoms with Crippen molar-refractivity contribution in [3.05, 3.63) is 54.1 Å². The summed E-state index contributed by atoms with van der Waals surface area (Å²) in [5.41, 5.74) is 1.02. The molecule has 1 N–H and O–H groups in total. The van der Waals surface area contributed by atoms with E-state index in [0.29, 0.717) is 5.75 Å². The maximum absolute atomic E-state index is 12.2. The lowest BCUT2D eigenvalue weighted by atomic mass is 10.2. The van der Waals surface area contributed by atoms with Crippen LogP contribution in [-0.4, -0.2) is 28.7 Å². The third-order valence-corrected chi connectivity index (χ3v) is 4.67. The van der Waals surface area contributed by atoms with Gasteiger partial charge in [0.15, 0.2) is 0 Å². The Morgan fingerprint density at radius 2 is 1.67 bits per heavy atom. The van der Waals surface area contributed by atoms with Crippen LogP contribution in [0.4, 0.5) is 0 Å². The number of hydrogen-bond acceptors (Lipinski definition) is 4. The van der Waals surface area contributed by atoms with Crippen LogP contribution in [0.15, 0.2) is 53.4 Å². The zero-order chi connectivity index (χ0) is 17.4. The minimum Gasteiger partial charge on any atom is -0.495 e. The summed E-state index contributed by atoms with van der Waals surface area (Å²) in [6.07, 6.45) is 0. The van der Waals surface area contributed by atoms with Gasteiger partial charge < -0.3 is 9.47 Å². The van der Waals surface area contributed by atoms with Crippen molar-refractivity contribution in [1.29, 1.82) is 0 Å². The molecule has 5 nitrogen and oxygen atoms in total. The predicted octanol–water partition coefficient (Wildman–Crippen LogP) is 2.36. The Bertz CT molecular complexity index is 851.